The molecule has 0 bridgehead atoms. The smallest absolute Gasteiger partial charge is 0.152 e. The van der Waals surface area contributed by atoms with Crippen LogP contribution in [0.15, 0.2) is 29.4 Å². The molecule has 0 radical (unpaired) electrons. The van der Waals surface area contributed by atoms with Crippen molar-refractivity contribution in [3.05, 3.63) is 51.3 Å². The van der Waals surface area contributed by atoms with E-state index in [0.29, 0.717) is 23.0 Å². The van der Waals surface area contributed by atoms with Crippen molar-refractivity contribution < 1.29 is 4.84 Å². The fourth-order valence-corrected chi connectivity index (χ4v) is 2.98. The van der Waals surface area contributed by atoms with E-state index >= 15 is 0 Å². The maximum atomic E-state index is 6.21. The molecule has 0 aliphatic carbocycles. The van der Waals surface area contributed by atoms with Crippen LogP contribution in [0.2, 0.25) is 10.0 Å². The van der Waals surface area contributed by atoms with Gasteiger partial charge in [-0.15, -0.1) is 0 Å². The van der Waals surface area contributed by atoms with Gasteiger partial charge in [0.1, 0.15) is 0 Å². The number of nitrogens with zero attached hydrogens (tertiary/aromatic N) is 3. The zero-order valence-corrected chi connectivity index (χ0v) is 13.3. The molecular formula is C15H15Cl2N3O. The predicted octanol–water partition coefficient (Wildman–Crippen LogP) is 4.00. The molecule has 4 nitrogen and oxygen atoms in total. The van der Waals surface area contributed by atoms with E-state index in [9.17, 15) is 0 Å². The van der Waals surface area contributed by atoms with Gasteiger partial charge < -0.3 is 4.84 Å². The zero-order chi connectivity index (χ0) is 15.0. The Morgan fingerprint density at radius 1 is 1.29 bits per heavy atom. The number of aryl methyl sites for hydroxylation is 2. The van der Waals surface area contributed by atoms with Gasteiger partial charge >= 0.3 is 0 Å². The van der Waals surface area contributed by atoms with Crippen LogP contribution in [-0.2, 0) is 11.4 Å². The lowest BCUT2D eigenvalue weighted by atomic mass is 10.0. The molecule has 1 unspecified atom stereocenters. The molecule has 2 heterocycles. The summed E-state index contributed by atoms with van der Waals surface area (Å²) in [6.45, 7) is 4.69. The molecule has 1 aliphatic heterocycles. The van der Waals surface area contributed by atoms with Crippen LogP contribution in [0, 0.1) is 13.8 Å². The topological polar surface area (TPSA) is 39.4 Å². The maximum Gasteiger partial charge on any atom is 0.152 e. The van der Waals surface area contributed by atoms with Crippen molar-refractivity contribution in [1.29, 1.82) is 0 Å². The Kier molecular flexibility index (Phi) is 3.91. The van der Waals surface area contributed by atoms with Crippen LogP contribution >= 0.6 is 23.2 Å². The third-order valence-corrected chi connectivity index (χ3v) is 4.00. The van der Waals surface area contributed by atoms with E-state index in [1.54, 1.807) is 12.1 Å². The Morgan fingerprint density at radius 2 is 2.10 bits per heavy atom. The molecule has 0 fully saturated rings. The van der Waals surface area contributed by atoms with Gasteiger partial charge in [-0.05, 0) is 32.0 Å². The third-order valence-electron chi connectivity index (χ3n) is 3.45. The highest BCUT2D eigenvalue weighted by Gasteiger charge is 2.24. The Hall–Kier alpha value is -1.52. The van der Waals surface area contributed by atoms with Crippen molar-refractivity contribution >= 4 is 28.9 Å². The number of rotatable bonds is 3. The van der Waals surface area contributed by atoms with Crippen LogP contribution in [0.1, 0.15) is 23.4 Å². The third kappa shape index (κ3) is 3.06. The standard InChI is InChI=1S/C15H15Cl2N3O/c1-9-5-10(2)20(18-9)8-12-7-15(19-21-12)13-4-3-11(16)6-14(13)17/h3-6,12H,7-8H2,1-2H3. The minimum Gasteiger partial charge on any atom is -0.390 e. The maximum absolute atomic E-state index is 6.21. The van der Waals surface area contributed by atoms with Gasteiger partial charge in [-0.25, -0.2) is 0 Å². The van der Waals surface area contributed by atoms with E-state index in [4.69, 9.17) is 28.0 Å². The molecule has 2 aromatic rings. The Morgan fingerprint density at radius 3 is 2.76 bits per heavy atom. The quantitative estimate of drug-likeness (QED) is 0.856. The van der Waals surface area contributed by atoms with Gasteiger partial charge in [0.05, 0.1) is 23.0 Å². The van der Waals surface area contributed by atoms with E-state index < -0.39 is 0 Å². The number of halogens is 2. The molecule has 1 aromatic carbocycles. The van der Waals surface area contributed by atoms with Crippen molar-refractivity contribution in [1.82, 2.24) is 9.78 Å². The molecule has 1 aliphatic rings. The van der Waals surface area contributed by atoms with Gasteiger partial charge in [-0.2, -0.15) is 5.10 Å². The first-order valence-electron chi connectivity index (χ1n) is 6.72. The summed E-state index contributed by atoms with van der Waals surface area (Å²) in [4.78, 5) is 5.51. The van der Waals surface area contributed by atoms with E-state index in [0.717, 1.165) is 22.7 Å². The van der Waals surface area contributed by atoms with Gasteiger partial charge in [0, 0.05) is 22.7 Å². The van der Waals surface area contributed by atoms with E-state index in [1.807, 2.05) is 30.7 Å². The largest absolute Gasteiger partial charge is 0.390 e. The van der Waals surface area contributed by atoms with E-state index in [2.05, 4.69) is 10.3 Å². The first-order valence-corrected chi connectivity index (χ1v) is 7.47. The van der Waals surface area contributed by atoms with Gasteiger partial charge in [-0.3, -0.25) is 4.68 Å². The highest BCUT2D eigenvalue weighted by Crippen LogP contribution is 2.26. The lowest BCUT2D eigenvalue weighted by Crippen LogP contribution is -2.18. The van der Waals surface area contributed by atoms with Crippen molar-refractivity contribution in [3.63, 3.8) is 0 Å². The van der Waals surface area contributed by atoms with Crippen LogP contribution in [0.25, 0.3) is 0 Å². The minimum absolute atomic E-state index is 0.0234. The second-order valence-corrected chi connectivity index (χ2v) is 6.05. The highest BCUT2D eigenvalue weighted by atomic mass is 35.5. The summed E-state index contributed by atoms with van der Waals surface area (Å²) in [7, 11) is 0. The fourth-order valence-electron chi connectivity index (χ4n) is 2.46. The van der Waals surface area contributed by atoms with E-state index in [-0.39, 0.29) is 6.10 Å². The molecule has 0 saturated heterocycles. The van der Waals surface area contributed by atoms with Crippen molar-refractivity contribution in [2.24, 2.45) is 5.16 Å². The number of aromatic nitrogens is 2. The molecule has 6 heteroatoms. The summed E-state index contributed by atoms with van der Waals surface area (Å²) in [5.41, 5.74) is 3.85. The molecule has 110 valence electrons. The average Bonchev–Trinajstić information content (AvgIpc) is 2.97. The minimum atomic E-state index is -0.0234. The molecule has 0 saturated carbocycles. The Bertz CT molecular complexity index is 709. The van der Waals surface area contributed by atoms with Crippen LogP contribution in [0.4, 0.5) is 0 Å². The highest BCUT2D eigenvalue weighted by molar-refractivity contribution is 6.37. The average molecular weight is 324 g/mol. The summed E-state index contributed by atoms with van der Waals surface area (Å²) in [5.74, 6) is 0. The molecular weight excluding hydrogens is 309 g/mol. The van der Waals surface area contributed by atoms with Crippen molar-refractivity contribution in [3.8, 4) is 0 Å². The SMILES string of the molecule is Cc1cc(C)n(CC2CC(c3ccc(Cl)cc3Cl)=NO2)n1. The second-order valence-electron chi connectivity index (χ2n) is 5.20. The molecule has 0 amide bonds. The monoisotopic (exact) mass is 323 g/mol. The van der Waals surface area contributed by atoms with Crippen LogP contribution in [0.3, 0.4) is 0 Å². The normalized spacial score (nSPS) is 17.7. The Balaban J connectivity index is 1.71. The summed E-state index contributed by atoms with van der Waals surface area (Å²) in [6, 6.07) is 7.44. The second kappa shape index (κ2) is 5.70. The van der Waals surface area contributed by atoms with Gasteiger partial charge in [0.2, 0.25) is 0 Å². The molecule has 21 heavy (non-hydrogen) atoms. The first-order chi connectivity index (χ1) is 10.0. The summed E-state index contributed by atoms with van der Waals surface area (Å²) < 4.78 is 1.95. The van der Waals surface area contributed by atoms with Crippen molar-refractivity contribution in [2.75, 3.05) is 0 Å². The van der Waals surface area contributed by atoms with Gasteiger partial charge in [0.25, 0.3) is 0 Å². The van der Waals surface area contributed by atoms with Gasteiger partial charge in [0.15, 0.2) is 6.10 Å². The molecule has 1 aromatic heterocycles. The predicted molar refractivity (Wildman–Crippen MR) is 84.2 cm³/mol. The number of hydrogen-bond donors (Lipinski definition) is 0. The first kappa shape index (κ1) is 14.4. The summed E-state index contributed by atoms with van der Waals surface area (Å²) >= 11 is 12.1. The number of oxime groups is 1. The molecule has 1 atom stereocenters. The zero-order valence-electron chi connectivity index (χ0n) is 11.8. The van der Waals surface area contributed by atoms with Crippen molar-refractivity contribution in [2.45, 2.75) is 32.9 Å². The van der Waals surface area contributed by atoms with Crippen LogP contribution in [0.5, 0.6) is 0 Å². The van der Waals surface area contributed by atoms with Crippen LogP contribution in [-0.4, -0.2) is 21.6 Å². The molecule has 3 rings (SSSR count). The summed E-state index contributed by atoms with van der Waals surface area (Å²) in [5, 5.41) is 9.81. The lowest BCUT2D eigenvalue weighted by molar-refractivity contribution is 0.0692. The van der Waals surface area contributed by atoms with Gasteiger partial charge in [-0.1, -0.05) is 34.4 Å². The Labute approximate surface area is 133 Å². The summed E-state index contributed by atoms with van der Waals surface area (Å²) in [6.07, 6.45) is 0.685. The van der Waals surface area contributed by atoms with E-state index in [1.165, 1.54) is 0 Å². The molecule has 0 N–H and O–H groups in total. The van der Waals surface area contributed by atoms with Crippen LogP contribution < -0.4 is 0 Å². The lowest BCUT2D eigenvalue weighted by Gasteiger charge is -2.10. The number of hydrogen-bond acceptors (Lipinski definition) is 3. The number of benzene rings is 1. The fraction of sp³-hybridized carbons (Fsp3) is 0.333. The molecule has 0 spiro atoms.